The van der Waals surface area contributed by atoms with Crippen LogP contribution in [0.2, 0.25) is 0 Å². The largest absolute Gasteiger partial charge is 0.369 e. The van der Waals surface area contributed by atoms with Gasteiger partial charge in [0.1, 0.15) is 5.41 Å². The van der Waals surface area contributed by atoms with E-state index in [0.29, 0.717) is 44.7 Å². The van der Waals surface area contributed by atoms with E-state index in [1.165, 1.54) is 0 Å². The number of nitrogens with one attached hydrogen (secondary N) is 1. The average Bonchev–Trinajstić information content (AvgIpc) is 3.39. The van der Waals surface area contributed by atoms with Gasteiger partial charge in [0, 0.05) is 12.7 Å². The first-order valence-electron chi connectivity index (χ1n) is 8.84. The number of carbonyl (C=O) groups is 3. The van der Waals surface area contributed by atoms with Gasteiger partial charge in [-0.1, -0.05) is 6.07 Å². The van der Waals surface area contributed by atoms with Gasteiger partial charge in [0.15, 0.2) is 5.69 Å². The fourth-order valence-electron chi connectivity index (χ4n) is 3.31. The van der Waals surface area contributed by atoms with Crippen LogP contribution in [0.4, 0.5) is 0 Å². The number of primary amides is 1. The van der Waals surface area contributed by atoms with Crippen LogP contribution in [0.3, 0.4) is 0 Å². The van der Waals surface area contributed by atoms with Gasteiger partial charge in [-0.05, 0) is 31.0 Å². The third-order valence-electron chi connectivity index (χ3n) is 5.11. The van der Waals surface area contributed by atoms with Crippen molar-refractivity contribution in [1.29, 1.82) is 0 Å². The highest BCUT2D eigenvalue weighted by atomic mass is 16.2. The van der Waals surface area contributed by atoms with Crippen molar-refractivity contribution in [3.05, 3.63) is 47.5 Å². The first kappa shape index (κ1) is 17.2. The average molecular weight is 368 g/mol. The Hall–Kier alpha value is -3.23. The smallest absolute Gasteiger partial charge is 0.272 e. The van der Waals surface area contributed by atoms with Crippen LogP contribution in [0.25, 0.3) is 0 Å². The summed E-state index contributed by atoms with van der Waals surface area (Å²) in [6, 6.07) is 7.17. The van der Waals surface area contributed by atoms with E-state index in [1.54, 1.807) is 21.8 Å². The summed E-state index contributed by atoms with van der Waals surface area (Å²) in [5.41, 5.74) is 6.19. The van der Waals surface area contributed by atoms with E-state index in [-0.39, 0.29) is 11.8 Å². The standard InChI is InChI=1S/C18H20N6O3/c19-16(26)18(4-5-18)17(27)23-7-8-24-13(11-23)9-14(22-24)15(25)21-10-12-3-1-2-6-20-12/h1-3,6,9H,4-5,7-8,10-11H2,(H2,19,26)(H,21,25). The molecule has 27 heavy (non-hydrogen) atoms. The van der Waals surface area contributed by atoms with Crippen LogP contribution in [0.1, 0.15) is 34.7 Å². The Balaban J connectivity index is 1.42. The van der Waals surface area contributed by atoms with Gasteiger partial charge in [-0.15, -0.1) is 0 Å². The number of nitrogens with zero attached hydrogens (tertiary/aromatic N) is 4. The second kappa shape index (κ2) is 6.49. The van der Waals surface area contributed by atoms with Crippen molar-refractivity contribution in [3.8, 4) is 0 Å². The zero-order valence-electron chi connectivity index (χ0n) is 14.7. The Kier molecular flexibility index (Phi) is 4.14. The lowest BCUT2D eigenvalue weighted by Gasteiger charge is -2.30. The fourth-order valence-corrected chi connectivity index (χ4v) is 3.31. The maximum absolute atomic E-state index is 12.6. The molecule has 0 atom stereocenters. The van der Waals surface area contributed by atoms with E-state index in [1.807, 2.05) is 18.2 Å². The van der Waals surface area contributed by atoms with Crippen LogP contribution in [0, 0.1) is 5.41 Å². The minimum absolute atomic E-state index is 0.219. The minimum atomic E-state index is -1.02. The van der Waals surface area contributed by atoms with Crippen molar-refractivity contribution in [2.75, 3.05) is 6.54 Å². The number of aromatic nitrogens is 3. The number of fused-ring (bicyclic) bond motifs is 1. The number of nitrogens with two attached hydrogens (primary N) is 1. The van der Waals surface area contributed by atoms with E-state index in [0.717, 1.165) is 11.4 Å². The van der Waals surface area contributed by atoms with Crippen molar-refractivity contribution in [2.24, 2.45) is 11.1 Å². The van der Waals surface area contributed by atoms with Gasteiger partial charge in [-0.3, -0.25) is 24.0 Å². The van der Waals surface area contributed by atoms with E-state index >= 15 is 0 Å². The highest BCUT2D eigenvalue weighted by Crippen LogP contribution is 2.47. The molecular formula is C18H20N6O3. The molecule has 0 radical (unpaired) electrons. The quantitative estimate of drug-likeness (QED) is 0.709. The highest BCUT2D eigenvalue weighted by Gasteiger charge is 2.57. The lowest BCUT2D eigenvalue weighted by atomic mass is 10.0. The molecule has 0 unspecified atom stereocenters. The normalized spacial score (nSPS) is 17.1. The number of hydrogen-bond donors (Lipinski definition) is 2. The number of pyridine rings is 1. The van der Waals surface area contributed by atoms with E-state index in [4.69, 9.17) is 5.73 Å². The molecule has 2 aliphatic rings. The summed E-state index contributed by atoms with van der Waals surface area (Å²) >= 11 is 0. The molecule has 9 nitrogen and oxygen atoms in total. The van der Waals surface area contributed by atoms with Gasteiger partial charge in [-0.2, -0.15) is 5.10 Å². The van der Waals surface area contributed by atoms with Crippen molar-refractivity contribution >= 4 is 17.7 Å². The predicted molar refractivity (Wildman–Crippen MR) is 93.9 cm³/mol. The Labute approximate surface area is 155 Å². The minimum Gasteiger partial charge on any atom is -0.369 e. The Morgan fingerprint density at radius 1 is 1.22 bits per heavy atom. The molecule has 2 aromatic heterocycles. The number of amides is 3. The first-order valence-corrected chi connectivity index (χ1v) is 8.84. The molecule has 0 aromatic carbocycles. The summed E-state index contributed by atoms with van der Waals surface area (Å²) < 4.78 is 1.73. The zero-order chi connectivity index (χ0) is 19.0. The monoisotopic (exact) mass is 368 g/mol. The van der Waals surface area contributed by atoms with Crippen molar-refractivity contribution in [2.45, 2.75) is 32.5 Å². The molecule has 0 saturated heterocycles. The van der Waals surface area contributed by atoms with Crippen LogP contribution in [0.5, 0.6) is 0 Å². The third kappa shape index (κ3) is 3.16. The Morgan fingerprint density at radius 2 is 2.04 bits per heavy atom. The van der Waals surface area contributed by atoms with Crippen LogP contribution in [0.15, 0.2) is 30.5 Å². The summed E-state index contributed by atoms with van der Waals surface area (Å²) in [6.07, 6.45) is 2.69. The van der Waals surface area contributed by atoms with Crippen molar-refractivity contribution in [1.82, 2.24) is 25.0 Å². The molecule has 1 saturated carbocycles. The van der Waals surface area contributed by atoms with Crippen LogP contribution >= 0.6 is 0 Å². The second-order valence-corrected chi connectivity index (χ2v) is 6.92. The molecule has 1 aliphatic carbocycles. The van der Waals surface area contributed by atoms with Gasteiger partial charge in [0.25, 0.3) is 5.91 Å². The topological polar surface area (TPSA) is 123 Å². The van der Waals surface area contributed by atoms with Gasteiger partial charge >= 0.3 is 0 Å². The SMILES string of the molecule is NC(=O)C1(C(=O)N2CCn3nc(C(=O)NCc4ccccn4)cc3C2)CC1. The summed E-state index contributed by atoms with van der Waals surface area (Å²) in [7, 11) is 0. The lowest BCUT2D eigenvalue weighted by molar-refractivity contribution is -0.144. The molecule has 3 N–H and O–H groups in total. The number of rotatable bonds is 5. The third-order valence-corrected chi connectivity index (χ3v) is 5.11. The Morgan fingerprint density at radius 3 is 2.70 bits per heavy atom. The molecule has 0 bridgehead atoms. The molecule has 4 rings (SSSR count). The van der Waals surface area contributed by atoms with Gasteiger partial charge in [-0.25, -0.2) is 0 Å². The van der Waals surface area contributed by atoms with E-state index in [9.17, 15) is 14.4 Å². The number of hydrogen-bond acceptors (Lipinski definition) is 5. The van der Waals surface area contributed by atoms with Gasteiger partial charge in [0.05, 0.1) is 31.0 Å². The molecule has 3 heterocycles. The molecular weight excluding hydrogens is 348 g/mol. The zero-order valence-corrected chi connectivity index (χ0v) is 14.7. The van der Waals surface area contributed by atoms with Gasteiger partial charge in [0.2, 0.25) is 11.8 Å². The molecule has 2 aromatic rings. The van der Waals surface area contributed by atoms with E-state index in [2.05, 4.69) is 15.4 Å². The number of carbonyl (C=O) groups excluding carboxylic acids is 3. The van der Waals surface area contributed by atoms with Crippen LogP contribution in [-0.4, -0.2) is 43.9 Å². The van der Waals surface area contributed by atoms with Crippen molar-refractivity contribution < 1.29 is 14.4 Å². The lowest BCUT2D eigenvalue weighted by Crippen LogP contribution is -2.46. The molecule has 9 heteroatoms. The molecule has 140 valence electrons. The predicted octanol–water partition coefficient (Wildman–Crippen LogP) is -0.184. The molecule has 0 spiro atoms. The van der Waals surface area contributed by atoms with Crippen molar-refractivity contribution in [3.63, 3.8) is 0 Å². The fraction of sp³-hybridized carbons (Fsp3) is 0.389. The summed E-state index contributed by atoms with van der Waals surface area (Å²) in [5, 5.41) is 7.11. The molecule has 3 amide bonds. The molecule has 1 fully saturated rings. The van der Waals surface area contributed by atoms with Gasteiger partial charge < -0.3 is 16.0 Å². The maximum atomic E-state index is 12.6. The second-order valence-electron chi connectivity index (χ2n) is 6.92. The highest BCUT2D eigenvalue weighted by molar-refractivity contribution is 6.07. The molecule has 1 aliphatic heterocycles. The summed E-state index contributed by atoms with van der Waals surface area (Å²) in [4.78, 5) is 42.4. The van der Waals surface area contributed by atoms with E-state index < -0.39 is 11.3 Å². The Bertz CT molecular complexity index is 903. The first-order chi connectivity index (χ1) is 13.0. The van der Waals surface area contributed by atoms with Crippen LogP contribution < -0.4 is 11.1 Å². The van der Waals surface area contributed by atoms with Crippen LogP contribution in [-0.2, 0) is 29.2 Å². The summed E-state index contributed by atoms with van der Waals surface area (Å²) in [5.74, 6) is -1.07. The maximum Gasteiger partial charge on any atom is 0.272 e. The summed E-state index contributed by atoms with van der Waals surface area (Å²) in [6.45, 7) is 1.54.